The fraction of sp³-hybridized carbons (Fsp3) is 0.294. The third kappa shape index (κ3) is 4.34. The summed E-state index contributed by atoms with van der Waals surface area (Å²) in [6.45, 7) is 4.26. The zero-order chi connectivity index (χ0) is 14.5. The van der Waals surface area contributed by atoms with Crippen molar-refractivity contribution in [2.24, 2.45) is 0 Å². The van der Waals surface area contributed by atoms with Gasteiger partial charge in [-0.15, -0.1) is 0 Å². The Morgan fingerprint density at radius 2 is 2.00 bits per heavy atom. The third-order valence-corrected chi connectivity index (χ3v) is 3.89. The highest BCUT2D eigenvalue weighted by Gasteiger charge is 2.05. The Bertz CT molecular complexity index is 583. The summed E-state index contributed by atoms with van der Waals surface area (Å²) in [6, 6.07) is 13.9. The summed E-state index contributed by atoms with van der Waals surface area (Å²) >= 11 is 3.20. The molecular weight excluding hydrogens is 317 g/mol. The van der Waals surface area contributed by atoms with Crippen molar-refractivity contribution in [3.05, 3.63) is 63.9 Å². The van der Waals surface area contributed by atoms with Gasteiger partial charge < -0.3 is 5.32 Å². The van der Waals surface area contributed by atoms with Gasteiger partial charge >= 0.3 is 0 Å². The Hall–Kier alpha value is -1.35. The third-order valence-electron chi connectivity index (χ3n) is 3.28. The second-order valence-electron chi connectivity index (χ2n) is 5.20. The van der Waals surface area contributed by atoms with E-state index in [9.17, 15) is 4.39 Å². The van der Waals surface area contributed by atoms with Crippen molar-refractivity contribution >= 4 is 21.6 Å². The first-order valence-electron chi connectivity index (χ1n) is 6.82. The van der Waals surface area contributed by atoms with Crippen molar-refractivity contribution in [2.45, 2.75) is 32.7 Å². The van der Waals surface area contributed by atoms with Gasteiger partial charge in [0.1, 0.15) is 5.82 Å². The highest BCUT2D eigenvalue weighted by atomic mass is 79.9. The summed E-state index contributed by atoms with van der Waals surface area (Å²) in [7, 11) is 0. The van der Waals surface area contributed by atoms with Crippen molar-refractivity contribution < 1.29 is 4.39 Å². The van der Waals surface area contributed by atoms with Gasteiger partial charge in [-0.05, 0) is 66.4 Å². The molecule has 0 amide bonds. The van der Waals surface area contributed by atoms with Gasteiger partial charge in [-0.25, -0.2) is 4.39 Å². The Labute approximate surface area is 128 Å². The summed E-state index contributed by atoms with van der Waals surface area (Å²) in [6.07, 6.45) is 2.08. The number of aryl methyl sites for hydroxylation is 2. The first kappa shape index (κ1) is 15.0. The number of anilines is 1. The molecule has 1 nitrogen and oxygen atoms in total. The van der Waals surface area contributed by atoms with Crippen molar-refractivity contribution in [3.63, 3.8) is 0 Å². The summed E-state index contributed by atoms with van der Waals surface area (Å²) in [5, 5.41) is 3.40. The van der Waals surface area contributed by atoms with Crippen LogP contribution in [0.3, 0.4) is 0 Å². The fourth-order valence-corrected chi connectivity index (χ4v) is 2.57. The van der Waals surface area contributed by atoms with E-state index in [1.165, 1.54) is 17.2 Å². The number of hydrogen-bond donors (Lipinski definition) is 1. The van der Waals surface area contributed by atoms with Crippen LogP contribution in [0.2, 0.25) is 0 Å². The maximum Gasteiger partial charge on any atom is 0.137 e. The zero-order valence-corrected chi connectivity index (χ0v) is 13.4. The maximum absolute atomic E-state index is 13.2. The lowest BCUT2D eigenvalue weighted by molar-refractivity contribution is 0.621. The second kappa shape index (κ2) is 6.89. The van der Waals surface area contributed by atoms with Gasteiger partial charge in [0, 0.05) is 11.7 Å². The van der Waals surface area contributed by atoms with Crippen LogP contribution >= 0.6 is 15.9 Å². The normalized spacial score (nSPS) is 12.2. The molecule has 106 valence electrons. The van der Waals surface area contributed by atoms with Crippen LogP contribution in [0.1, 0.15) is 24.5 Å². The van der Waals surface area contributed by atoms with Crippen LogP contribution in [-0.2, 0) is 6.42 Å². The van der Waals surface area contributed by atoms with E-state index in [0.717, 1.165) is 18.5 Å². The number of rotatable bonds is 5. The fourth-order valence-electron chi connectivity index (χ4n) is 2.19. The summed E-state index contributed by atoms with van der Waals surface area (Å²) < 4.78 is 13.7. The molecule has 0 radical (unpaired) electrons. The van der Waals surface area contributed by atoms with E-state index in [0.29, 0.717) is 10.5 Å². The lowest BCUT2D eigenvalue weighted by Gasteiger charge is -2.15. The van der Waals surface area contributed by atoms with E-state index < -0.39 is 0 Å². The van der Waals surface area contributed by atoms with Gasteiger partial charge in [0.2, 0.25) is 0 Å². The van der Waals surface area contributed by atoms with Crippen molar-refractivity contribution in [1.29, 1.82) is 0 Å². The summed E-state index contributed by atoms with van der Waals surface area (Å²) in [4.78, 5) is 0. The van der Waals surface area contributed by atoms with E-state index in [4.69, 9.17) is 0 Å². The molecule has 1 N–H and O–H groups in total. The van der Waals surface area contributed by atoms with E-state index in [-0.39, 0.29) is 5.82 Å². The van der Waals surface area contributed by atoms with E-state index >= 15 is 0 Å². The smallest absolute Gasteiger partial charge is 0.137 e. The van der Waals surface area contributed by atoms with Gasteiger partial charge in [0.05, 0.1) is 4.47 Å². The molecule has 0 aliphatic carbocycles. The first-order chi connectivity index (χ1) is 9.54. The molecule has 0 aliphatic rings. The maximum atomic E-state index is 13.2. The van der Waals surface area contributed by atoms with Gasteiger partial charge in [-0.2, -0.15) is 0 Å². The zero-order valence-electron chi connectivity index (χ0n) is 11.8. The van der Waals surface area contributed by atoms with Crippen LogP contribution in [0, 0.1) is 12.7 Å². The number of halogens is 2. The van der Waals surface area contributed by atoms with Crippen molar-refractivity contribution in [2.75, 3.05) is 5.32 Å². The van der Waals surface area contributed by atoms with Gasteiger partial charge in [-0.1, -0.05) is 29.8 Å². The molecular formula is C17H19BrFN. The van der Waals surface area contributed by atoms with Crippen LogP contribution in [0.25, 0.3) is 0 Å². The molecule has 0 fully saturated rings. The molecule has 0 bridgehead atoms. The van der Waals surface area contributed by atoms with Crippen LogP contribution < -0.4 is 5.32 Å². The molecule has 0 aromatic heterocycles. The largest absolute Gasteiger partial charge is 0.383 e. The number of benzene rings is 2. The topological polar surface area (TPSA) is 12.0 Å². The molecule has 0 spiro atoms. The molecule has 0 heterocycles. The minimum Gasteiger partial charge on any atom is -0.383 e. The molecule has 0 aliphatic heterocycles. The van der Waals surface area contributed by atoms with Crippen LogP contribution in [0.15, 0.2) is 46.9 Å². The van der Waals surface area contributed by atoms with E-state index in [1.807, 2.05) is 0 Å². The lowest BCUT2D eigenvalue weighted by atomic mass is 10.0. The highest BCUT2D eigenvalue weighted by molar-refractivity contribution is 9.10. The Kier molecular flexibility index (Phi) is 5.18. The molecule has 1 unspecified atom stereocenters. The number of nitrogens with one attached hydrogen (secondary N) is 1. The minimum atomic E-state index is -0.233. The van der Waals surface area contributed by atoms with Gasteiger partial charge in [0.15, 0.2) is 0 Å². The molecule has 0 saturated heterocycles. The average Bonchev–Trinajstić information content (AvgIpc) is 2.41. The predicted octanol–water partition coefficient (Wildman–Crippen LogP) is 5.33. The standard InChI is InChI=1S/C17H19BrFN/c1-12-4-3-5-14(10-12)7-6-13(2)20-15-8-9-17(19)16(18)11-15/h3-5,8-11,13,20H,6-7H2,1-2H3. The molecule has 20 heavy (non-hydrogen) atoms. The first-order valence-corrected chi connectivity index (χ1v) is 7.61. The monoisotopic (exact) mass is 335 g/mol. The van der Waals surface area contributed by atoms with E-state index in [2.05, 4.69) is 59.4 Å². The molecule has 0 saturated carbocycles. The number of hydrogen-bond acceptors (Lipinski definition) is 1. The average molecular weight is 336 g/mol. The molecule has 2 aromatic rings. The van der Waals surface area contributed by atoms with Gasteiger partial charge in [0.25, 0.3) is 0 Å². The van der Waals surface area contributed by atoms with E-state index in [1.54, 1.807) is 12.1 Å². The van der Waals surface area contributed by atoms with Crippen LogP contribution in [0.4, 0.5) is 10.1 Å². The summed E-state index contributed by atoms with van der Waals surface area (Å²) in [5.74, 6) is -0.233. The SMILES string of the molecule is Cc1cccc(CCC(C)Nc2ccc(F)c(Br)c2)c1. The second-order valence-corrected chi connectivity index (χ2v) is 6.06. The Morgan fingerprint density at radius 3 is 2.70 bits per heavy atom. The molecule has 2 aromatic carbocycles. The Balaban J connectivity index is 1.89. The predicted molar refractivity (Wildman–Crippen MR) is 86.7 cm³/mol. The lowest BCUT2D eigenvalue weighted by Crippen LogP contribution is -2.16. The van der Waals surface area contributed by atoms with Crippen molar-refractivity contribution in [3.8, 4) is 0 Å². The summed E-state index contributed by atoms with van der Waals surface area (Å²) in [5.41, 5.74) is 3.60. The van der Waals surface area contributed by atoms with Crippen LogP contribution in [-0.4, -0.2) is 6.04 Å². The highest BCUT2D eigenvalue weighted by Crippen LogP contribution is 2.21. The molecule has 1 atom stereocenters. The minimum absolute atomic E-state index is 0.233. The van der Waals surface area contributed by atoms with Crippen LogP contribution in [0.5, 0.6) is 0 Å². The van der Waals surface area contributed by atoms with Gasteiger partial charge in [-0.3, -0.25) is 0 Å². The molecule has 2 rings (SSSR count). The van der Waals surface area contributed by atoms with Crippen molar-refractivity contribution in [1.82, 2.24) is 0 Å². The quantitative estimate of drug-likeness (QED) is 0.778. The molecule has 3 heteroatoms. The Morgan fingerprint density at radius 1 is 1.20 bits per heavy atom.